The van der Waals surface area contributed by atoms with Crippen LogP contribution in [0, 0.1) is 0 Å². The molecule has 0 saturated heterocycles. The molecular weight excluding hydrogens is 256 g/mol. The fraction of sp³-hybridized carbons (Fsp3) is 0.267. The van der Waals surface area contributed by atoms with Gasteiger partial charge in [-0.05, 0) is 12.5 Å². The Hall–Kier alpha value is -2.27. The first-order valence-corrected chi connectivity index (χ1v) is 6.25. The van der Waals surface area contributed by atoms with Crippen molar-refractivity contribution in [3.8, 4) is 23.1 Å². The van der Waals surface area contributed by atoms with Crippen molar-refractivity contribution >= 4 is 0 Å². The van der Waals surface area contributed by atoms with Gasteiger partial charge in [-0.15, -0.1) is 0 Å². The zero-order valence-corrected chi connectivity index (χ0v) is 11.8. The second-order valence-corrected chi connectivity index (χ2v) is 4.37. The van der Waals surface area contributed by atoms with Gasteiger partial charge in [0.15, 0.2) is 0 Å². The van der Waals surface area contributed by atoms with Crippen LogP contribution in [-0.2, 0) is 0 Å². The van der Waals surface area contributed by atoms with Crippen LogP contribution in [0.4, 0.5) is 0 Å². The lowest BCUT2D eigenvalue weighted by Crippen LogP contribution is -2.05. The Kier molecular flexibility index (Phi) is 4.42. The predicted molar refractivity (Wildman–Crippen MR) is 76.5 cm³/mol. The minimum atomic E-state index is -0.0477. The van der Waals surface area contributed by atoms with Crippen LogP contribution in [0.1, 0.15) is 18.5 Å². The standard InChI is InChI=1S/C15H18N2O3/c1-10(16)11-4-5-15(17-9-11)20-14-7-12(18-2)6-13(8-14)19-3/h4-10H,16H2,1-3H3/t10-/m1/s1. The average molecular weight is 274 g/mol. The van der Waals surface area contributed by atoms with E-state index in [-0.39, 0.29) is 6.04 Å². The Morgan fingerprint density at radius 2 is 1.60 bits per heavy atom. The van der Waals surface area contributed by atoms with Crippen molar-refractivity contribution in [3.63, 3.8) is 0 Å². The first-order chi connectivity index (χ1) is 9.62. The van der Waals surface area contributed by atoms with Crippen LogP contribution in [0.2, 0.25) is 0 Å². The topological polar surface area (TPSA) is 66.6 Å². The number of ether oxygens (including phenoxy) is 3. The summed E-state index contributed by atoms with van der Waals surface area (Å²) in [6, 6.07) is 8.94. The molecule has 0 saturated carbocycles. The number of rotatable bonds is 5. The maximum Gasteiger partial charge on any atom is 0.219 e. The predicted octanol–water partition coefficient (Wildman–Crippen LogP) is 2.91. The lowest BCUT2D eigenvalue weighted by Gasteiger charge is -2.10. The third-order valence-electron chi connectivity index (χ3n) is 2.83. The molecule has 1 aromatic heterocycles. The Labute approximate surface area is 118 Å². The van der Waals surface area contributed by atoms with Crippen molar-refractivity contribution in [2.75, 3.05) is 14.2 Å². The van der Waals surface area contributed by atoms with Gasteiger partial charge in [0, 0.05) is 36.5 Å². The Morgan fingerprint density at radius 1 is 1.00 bits per heavy atom. The Balaban J connectivity index is 2.20. The van der Waals surface area contributed by atoms with Gasteiger partial charge in [0.05, 0.1) is 14.2 Å². The summed E-state index contributed by atoms with van der Waals surface area (Å²) in [6.07, 6.45) is 1.71. The molecule has 1 heterocycles. The molecule has 2 aromatic rings. The van der Waals surface area contributed by atoms with Gasteiger partial charge in [0.1, 0.15) is 17.2 Å². The summed E-state index contributed by atoms with van der Waals surface area (Å²) < 4.78 is 16.1. The Morgan fingerprint density at radius 3 is 2.05 bits per heavy atom. The van der Waals surface area contributed by atoms with E-state index in [1.54, 1.807) is 44.7 Å². The number of nitrogens with two attached hydrogens (primary N) is 1. The largest absolute Gasteiger partial charge is 0.496 e. The second-order valence-electron chi connectivity index (χ2n) is 4.37. The second kappa shape index (κ2) is 6.25. The highest BCUT2D eigenvalue weighted by Crippen LogP contribution is 2.30. The number of pyridine rings is 1. The number of aromatic nitrogens is 1. The maximum atomic E-state index is 5.78. The smallest absolute Gasteiger partial charge is 0.219 e. The van der Waals surface area contributed by atoms with Gasteiger partial charge in [-0.2, -0.15) is 0 Å². The highest BCUT2D eigenvalue weighted by Gasteiger charge is 2.06. The number of methoxy groups -OCH3 is 2. The van der Waals surface area contributed by atoms with Crippen LogP contribution in [0.5, 0.6) is 23.1 Å². The van der Waals surface area contributed by atoms with Crippen LogP contribution in [0.25, 0.3) is 0 Å². The highest BCUT2D eigenvalue weighted by atomic mass is 16.5. The first kappa shape index (κ1) is 14.1. The molecule has 0 unspecified atom stereocenters. The van der Waals surface area contributed by atoms with E-state index in [1.165, 1.54) is 0 Å². The van der Waals surface area contributed by atoms with Gasteiger partial charge in [-0.25, -0.2) is 4.98 Å². The van der Waals surface area contributed by atoms with Crippen LogP contribution in [0.3, 0.4) is 0 Å². The van der Waals surface area contributed by atoms with Crippen LogP contribution in [0.15, 0.2) is 36.5 Å². The van der Waals surface area contributed by atoms with Gasteiger partial charge >= 0.3 is 0 Å². The van der Waals surface area contributed by atoms with E-state index >= 15 is 0 Å². The molecule has 0 radical (unpaired) electrons. The third-order valence-corrected chi connectivity index (χ3v) is 2.83. The van der Waals surface area contributed by atoms with Crippen molar-refractivity contribution in [1.82, 2.24) is 4.98 Å². The molecule has 2 rings (SSSR count). The van der Waals surface area contributed by atoms with E-state index in [0.717, 1.165) is 5.56 Å². The highest BCUT2D eigenvalue weighted by molar-refractivity contribution is 5.43. The van der Waals surface area contributed by atoms with Gasteiger partial charge in [0.2, 0.25) is 5.88 Å². The minimum absolute atomic E-state index is 0.0477. The van der Waals surface area contributed by atoms with E-state index in [0.29, 0.717) is 23.1 Å². The summed E-state index contributed by atoms with van der Waals surface area (Å²) in [5, 5.41) is 0. The first-order valence-electron chi connectivity index (χ1n) is 6.25. The average Bonchev–Trinajstić information content (AvgIpc) is 2.47. The third kappa shape index (κ3) is 3.39. The normalized spacial score (nSPS) is 11.8. The summed E-state index contributed by atoms with van der Waals surface area (Å²) in [6.45, 7) is 1.91. The molecule has 5 nitrogen and oxygen atoms in total. The summed E-state index contributed by atoms with van der Waals surface area (Å²) in [5.41, 5.74) is 6.74. The van der Waals surface area contributed by atoms with Crippen LogP contribution in [-0.4, -0.2) is 19.2 Å². The number of nitrogens with zero attached hydrogens (tertiary/aromatic N) is 1. The fourth-order valence-electron chi connectivity index (χ4n) is 1.68. The van der Waals surface area contributed by atoms with E-state index in [9.17, 15) is 0 Å². The molecule has 2 N–H and O–H groups in total. The molecule has 0 spiro atoms. The maximum absolute atomic E-state index is 5.78. The summed E-state index contributed by atoms with van der Waals surface area (Å²) in [4.78, 5) is 4.22. The number of hydrogen-bond acceptors (Lipinski definition) is 5. The van der Waals surface area contributed by atoms with Gasteiger partial charge in [0.25, 0.3) is 0 Å². The van der Waals surface area contributed by atoms with Crippen molar-refractivity contribution in [3.05, 3.63) is 42.1 Å². The lowest BCUT2D eigenvalue weighted by atomic mass is 10.2. The quantitative estimate of drug-likeness (QED) is 0.908. The lowest BCUT2D eigenvalue weighted by molar-refractivity contribution is 0.385. The Bertz CT molecular complexity index is 546. The minimum Gasteiger partial charge on any atom is -0.496 e. The van der Waals surface area contributed by atoms with Crippen molar-refractivity contribution < 1.29 is 14.2 Å². The molecule has 1 aromatic carbocycles. The fourth-order valence-corrected chi connectivity index (χ4v) is 1.68. The molecule has 0 fully saturated rings. The van der Waals surface area contributed by atoms with Gasteiger partial charge < -0.3 is 19.9 Å². The molecule has 0 aliphatic carbocycles. The molecule has 106 valence electrons. The van der Waals surface area contributed by atoms with E-state index in [4.69, 9.17) is 19.9 Å². The monoisotopic (exact) mass is 274 g/mol. The van der Waals surface area contributed by atoms with Crippen molar-refractivity contribution in [2.45, 2.75) is 13.0 Å². The molecule has 0 amide bonds. The zero-order chi connectivity index (χ0) is 14.5. The van der Waals surface area contributed by atoms with E-state index in [2.05, 4.69) is 4.98 Å². The summed E-state index contributed by atoms with van der Waals surface area (Å²) in [5.74, 6) is 2.41. The van der Waals surface area contributed by atoms with Crippen molar-refractivity contribution in [2.24, 2.45) is 5.73 Å². The van der Waals surface area contributed by atoms with E-state index < -0.39 is 0 Å². The molecule has 1 atom stereocenters. The molecular formula is C15H18N2O3. The molecule has 20 heavy (non-hydrogen) atoms. The van der Waals surface area contributed by atoms with Crippen LogP contribution >= 0.6 is 0 Å². The zero-order valence-electron chi connectivity index (χ0n) is 11.8. The number of benzene rings is 1. The molecule has 5 heteroatoms. The van der Waals surface area contributed by atoms with Crippen LogP contribution < -0.4 is 19.9 Å². The van der Waals surface area contributed by atoms with Crippen molar-refractivity contribution in [1.29, 1.82) is 0 Å². The summed E-state index contributed by atoms with van der Waals surface area (Å²) in [7, 11) is 3.18. The SMILES string of the molecule is COc1cc(OC)cc(Oc2ccc([C@@H](C)N)cn2)c1. The molecule has 0 aliphatic heterocycles. The molecule has 0 aliphatic rings. The van der Waals surface area contributed by atoms with Gasteiger partial charge in [-0.3, -0.25) is 0 Å². The molecule has 0 bridgehead atoms. The van der Waals surface area contributed by atoms with Gasteiger partial charge in [-0.1, -0.05) is 6.07 Å². The number of hydrogen-bond donors (Lipinski definition) is 1. The summed E-state index contributed by atoms with van der Waals surface area (Å²) >= 11 is 0. The van der Waals surface area contributed by atoms with E-state index in [1.807, 2.05) is 13.0 Å².